The van der Waals surface area contributed by atoms with Crippen LogP contribution in [0.25, 0.3) is 32.9 Å². The Hall–Kier alpha value is -4.08. The zero-order valence-electron chi connectivity index (χ0n) is 24.9. The average molecular weight is 622 g/mol. The van der Waals surface area contributed by atoms with Crippen LogP contribution in [0.1, 0.15) is 36.8 Å². The molecule has 3 aliphatic rings. The molecule has 3 aliphatic heterocycles. The summed E-state index contributed by atoms with van der Waals surface area (Å²) in [5.41, 5.74) is -2.01. The van der Waals surface area contributed by atoms with E-state index in [0.717, 1.165) is 50.4 Å². The molecular formula is C33H32F5N7. The zero-order valence-corrected chi connectivity index (χ0v) is 24.9. The second-order valence-electron chi connectivity index (χ2n) is 12.3. The maximum Gasteiger partial charge on any atom is 0.416 e. The Labute approximate surface area is 257 Å². The van der Waals surface area contributed by atoms with E-state index >= 15 is 4.39 Å². The van der Waals surface area contributed by atoms with Gasteiger partial charge in [-0.25, -0.2) is 13.8 Å². The Kier molecular flexibility index (Phi) is 7.28. The molecule has 5 heterocycles. The van der Waals surface area contributed by atoms with Gasteiger partial charge in [0.25, 0.3) is 0 Å². The quantitative estimate of drug-likeness (QED) is 0.230. The first kappa shape index (κ1) is 29.6. The van der Waals surface area contributed by atoms with E-state index in [9.17, 15) is 17.6 Å². The second kappa shape index (κ2) is 11.1. The van der Waals surface area contributed by atoms with Crippen LogP contribution in [0, 0.1) is 24.0 Å². The molecule has 3 atom stereocenters. The van der Waals surface area contributed by atoms with Gasteiger partial charge in [0.1, 0.15) is 22.8 Å². The Morgan fingerprint density at radius 2 is 1.84 bits per heavy atom. The largest absolute Gasteiger partial charge is 0.416 e. The Bertz CT molecular complexity index is 1830. The molecule has 0 amide bonds. The number of hydrogen-bond acceptors (Lipinski definition) is 7. The lowest BCUT2D eigenvalue weighted by Gasteiger charge is -2.39. The normalized spacial score (nSPS) is 22.0. The lowest BCUT2D eigenvalue weighted by molar-refractivity contribution is -0.137. The number of piperazine rings is 1. The molecule has 7 nitrogen and oxygen atoms in total. The number of nitrogens with one attached hydrogen (secondary N) is 1. The average Bonchev–Trinajstić information content (AvgIpc) is 3.58. The number of fused-ring (bicyclic) bond motifs is 4. The van der Waals surface area contributed by atoms with Gasteiger partial charge in [0.05, 0.1) is 16.5 Å². The first-order chi connectivity index (χ1) is 21.5. The molecule has 45 heavy (non-hydrogen) atoms. The highest BCUT2D eigenvalue weighted by Crippen LogP contribution is 2.41. The number of nitrogens with zero attached hydrogens (tertiary/aromatic N) is 6. The van der Waals surface area contributed by atoms with E-state index in [4.69, 9.17) is 16.4 Å². The monoisotopic (exact) mass is 621 g/mol. The molecule has 0 spiro atoms. The third-order valence-corrected chi connectivity index (χ3v) is 9.59. The van der Waals surface area contributed by atoms with Gasteiger partial charge in [0, 0.05) is 62.0 Å². The first-order valence-electron chi connectivity index (χ1n) is 15.1. The van der Waals surface area contributed by atoms with Crippen molar-refractivity contribution in [3.63, 3.8) is 0 Å². The van der Waals surface area contributed by atoms with Crippen molar-refractivity contribution in [1.82, 2.24) is 25.2 Å². The van der Waals surface area contributed by atoms with Crippen LogP contribution < -0.4 is 15.1 Å². The summed E-state index contributed by atoms with van der Waals surface area (Å²) in [6.45, 7) is 2.89. The first-order valence-corrected chi connectivity index (χ1v) is 15.1. The molecular weight excluding hydrogens is 589 g/mol. The van der Waals surface area contributed by atoms with Gasteiger partial charge in [-0.1, -0.05) is 12.0 Å². The van der Waals surface area contributed by atoms with Crippen LogP contribution in [0.4, 0.5) is 33.7 Å². The van der Waals surface area contributed by atoms with E-state index < -0.39 is 29.1 Å². The van der Waals surface area contributed by atoms with E-state index in [0.29, 0.717) is 48.9 Å². The number of aromatic nitrogens is 3. The molecule has 2 aromatic carbocycles. The molecule has 234 valence electrons. The summed E-state index contributed by atoms with van der Waals surface area (Å²) >= 11 is 0. The highest BCUT2D eigenvalue weighted by atomic mass is 19.4. The summed E-state index contributed by atoms with van der Waals surface area (Å²) in [7, 11) is 3.99. The standard InChI is InChI=1S/C33H32F5N7/c1-4-23-26(34)10-7-18-12-19(33(36,37)38)13-24(27(18)23)29-28(35)30-25(14-40-29)31(43(2)15-20-6-5-11-39-20)42-32(41-30)45-16-21-8-9-22(17-45)44(21)3/h1,7,10,12-14,20-22,39H,5-6,8-9,11,15-17H2,2-3H3/t20-,21?,22?/m0/s1. The lowest BCUT2D eigenvalue weighted by Crippen LogP contribution is -2.52. The lowest BCUT2D eigenvalue weighted by atomic mass is 9.93. The summed E-state index contributed by atoms with van der Waals surface area (Å²) in [6, 6.07) is 4.73. The molecule has 1 N–H and O–H groups in total. The van der Waals surface area contributed by atoms with Gasteiger partial charge in [-0.15, -0.1) is 6.42 Å². The summed E-state index contributed by atoms with van der Waals surface area (Å²) in [5, 5.41) is 3.80. The Morgan fingerprint density at radius 1 is 1.09 bits per heavy atom. The van der Waals surface area contributed by atoms with Crippen molar-refractivity contribution in [2.45, 2.75) is 50.0 Å². The number of hydrogen-bond donors (Lipinski definition) is 1. The predicted molar refractivity (Wildman–Crippen MR) is 164 cm³/mol. The van der Waals surface area contributed by atoms with Crippen molar-refractivity contribution >= 4 is 33.4 Å². The molecule has 2 aromatic heterocycles. The topological polar surface area (TPSA) is 60.4 Å². The van der Waals surface area contributed by atoms with Crippen LogP contribution in [0.15, 0.2) is 30.5 Å². The summed E-state index contributed by atoms with van der Waals surface area (Å²) < 4.78 is 73.7. The molecule has 0 radical (unpaired) electrons. The van der Waals surface area contributed by atoms with Crippen LogP contribution in [0.2, 0.25) is 0 Å². The second-order valence-corrected chi connectivity index (χ2v) is 12.3. The van der Waals surface area contributed by atoms with Crippen molar-refractivity contribution in [1.29, 1.82) is 0 Å². The summed E-state index contributed by atoms with van der Waals surface area (Å²) in [4.78, 5) is 20.3. The molecule has 12 heteroatoms. The molecule has 0 saturated carbocycles. The van der Waals surface area contributed by atoms with Crippen LogP contribution >= 0.6 is 0 Å². The predicted octanol–water partition coefficient (Wildman–Crippen LogP) is 5.59. The van der Waals surface area contributed by atoms with Gasteiger partial charge >= 0.3 is 6.18 Å². The smallest absolute Gasteiger partial charge is 0.357 e. The van der Waals surface area contributed by atoms with Crippen molar-refractivity contribution in [2.75, 3.05) is 50.1 Å². The zero-order chi connectivity index (χ0) is 31.6. The van der Waals surface area contributed by atoms with Crippen LogP contribution in [0.5, 0.6) is 0 Å². The minimum absolute atomic E-state index is 0.0224. The van der Waals surface area contributed by atoms with Crippen molar-refractivity contribution in [3.8, 4) is 23.6 Å². The van der Waals surface area contributed by atoms with E-state index in [1.54, 1.807) is 0 Å². The number of terminal acetylenes is 1. The molecule has 3 saturated heterocycles. The molecule has 2 unspecified atom stereocenters. The molecule has 4 aromatic rings. The number of alkyl halides is 3. The number of benzene rings is 2. The molecule has 3 fully saturated rings. The number of anilines is 2. The summed E-state index contributed by atoms with van der Waals surface area (Å²) in [5.74, 6) is 1.35. The fourth-order valence-electron chi connectivity index (χ4n) is 7.19. The number of likely N-dealkylation sites (N-methyl/N-ethyl adjacent to an activating group) is 2. The highest BCUT2D eigenvalue weighted by Gasteiger charge is 2.39. The molecule has 0 aliphatic carbocycles. The van der Waals surface area contributed by atoms with Crippen molar-refractivity contribution in [3.05, 3.63) is 53.2 Å². The summed E-state index contributed by atoms with van der Waals surface area (Å²) in [6.07, 6.45) is 6.40. The van der Waals surface area contributed by atoms with Crippen LogP contribution in [0.3, 0.4) is 0 Å². The number of halogens is 5. The van der Waals surface area contributed by atoms with Gasteiger partial charge in [-0.2, -0.15) is 18.2 Å². The van der Waals surface area contributed by atoms with E-state index in [1.807, 2.05) is 11.9 Å². The SMILES string of the molecule is C#Cc1c(F)ccc2cc(C(F)(F)F)cc(-c3ncc4c(N(C)C[C@@H]5CCCN5)nc(N5CC6CCC(C5)N6C)nc4c3F)c12. The van der Waals surface area contributed by atoms with Crippen molar-refractivity contribution < 1.29 is 22.0 Å². The number of rotatable bonds is 5. The van der Waals surface area contributed by atoms with E-state index in [-0.39, 0.29) is 33.5 Å². The van der Waals surface area contributed by atoms with Gasteiger partial charge < -0.3 is 15.1 Å². The molecule has 7 rings (SSSR count). The van der Waals surface area contributed by atoms with Crippen LogP contribution in [-0.2, 0) is 6.18 Å². The van der Waals surface area contributed by atoms with Gasteiger partial charge in [-0.3, -0.25) is 9.88 Å². The fourth-order valence-corrected chi connectivity index (χ4v) is 7.19. The third-order valence-electron chi connectivity index (χ3n) is 9.59. The van der Waals surface area contributed by atoms with Crippen LogP contribution in [-0.4, -0.2) is 78.3 Å². The highest BCUT2D eigenvalue weighted by molar-refractivity contribution is 6.02. The van der Waals surface area contributed by atoms with E-state index in [2.05, 4.69) is 33.1 Å². The van der Waals surface area contributed by atoms with Gasteiger partial charge in [-0.05, 0) is 62.9 Å². The van der Waals surface area contributed by atoms with Gasteiger partial charge in [0.2, 0.25) is 5.95 Å². The Balaban J connectivity index is 1.44. The molecule has 2 bridgehead atoms. The van der Waals surface area contributed by atoms with E-state index in [1.165, 1.54) is 12.3 Å². The third kappa shape index (κ3) is 5.12. The maximum absolute atomic E-state index is 16.8. The maximum atomic E-state index is 16.8. The minimum Gasteiger partial charge on any atom is -0.357 e. The van der Waals surface area contributed by atoms with Crippen molar-refractivity contribution in [2.24, 2.45) is 0 Å². The Morgan fingerprint density at radius 3 is 2.51 bits per heavy atom. The van der Waals surface area contributed by atoms with Gasteiger partial charge in [0.15, 0.2) is 5.82 Å². The fraction of sp³-hybridized carbons (Fsp3) is 0.424. The number of pyridine rings is 1. The minimum atomic E-state index is -4.75.